The average molecular weight is 278 g/mol. The molecule has 3 rings (SSSR count). The molecular formula is C14H18N2S2. The van der Waals surface area contributed by atoms with Crippen LogP contribution in [0.15, 0.2) is 23.7 Å². The Morgan fingerprint density at radius 2 is 2.28 bits per heavy atom. The molecule has 18 heavy (non-hydrogen) atoms. The highest BCUT2D eigenvalue weighted by Gasteiger charge is 2.28. The van der Waals surface area contributed by atoms with Gasteiger partial charge in [0.05, 0.1) is 15.7 Å². The molecule has 1 atom stereocenters. The monoisotopic (exact) mass is 278 g/mol. The lowest BCUT2D eigenvalue weighted by molar-refractivity contribution is 0.358. The van der Waals surface area contributed by atoms with Crippen molar-refractivity contribution in [3.8, 4) is 0 Å². The van der Waals surface area contributed by atoms with Gasteiger partial charge in [0.2, 0.25) is 0 Å². The van der Waals surface area contributed by atoms with Gasteiger partial charge in [-0.05, 0) is 35.8 Å². The number of hydrogen-bond donors (Lipinski definition) is 1. The molecular weight excluding hydrogens is 260 g/mol. The quantitative estimate of drug-likeness (QED) is 0.889. The zero-order chi connectivity index (χ0) is 12.6. The number of thiazole rings is 1. The minimum atomic E-state index is 0.454. The first-order valence-corrected chi connectivity index (χ1v) is 8.33. The van der Waals surface area contributed by atoms with Crippen LogP contribution in [0.25, 0.3) is 10.2 Å². The summed E-state index contributed by atoms with van der Waals surface area (Å²) in [6.07, 6.45) is 1.25. The summed E-state index contributed by atoms with van der Waals surface area (Å²) < 4.78 is 1.27. The summed E-state index contributed by atoms with van der Waals surface area (Å²) in [5, 5.41) is 3.68. The molecule has 2 aromatic rings. The Kier molecular flexibility index (Phi) is 3.24. The predicted molar refractivity (Wildman–Crippen MR) is 82.8 cm³/mol. The Morgan fingerprint density at radius 1 is 1.39 bits per heavy atom. The van der Waals surface area contributed by atoms with Crippen molar-refractivity contribution in [2.75, 3.05) is 16.8 Å². The van der Waals surface area contributed by atoms with Gasteiger partial charge in [-0.2, -0.15) is 11.8 Å². The zero-order valence-corrected chi connectivity index (χ0v) is 12.4. The van der Waals surface area contributed by atoms with Gasteiger partial charge in [-0.25, -0.2) is 4.98 Å². The first-order valence-electron chi connectivity index (χ1n) is 6.30. The van der Waals surface area contributed by atoms with Crippen LogP contribution in [0.2, 0.25) is 0 Å². The minimum absolute atomic E-state index is 0.454. The van der Waals surface area contributed by atoms with E-state index in [1.54, 1.807) is 11.3 Å². The van der Waals surface area contributed by atoms with Crippen LogP contribution >= 0.6 is 23.1 Å². The van der Waals surface area contributed by atoms with Gasteiger partial charge < -0.3 is 5.32 Å². The van der Waals surface area contributed by atoms with E-state index in [1.807, 2.05) is 5.51 Å². The van der Waals surface area contributed by atoms with E-state index in [9.17, 15) is 0 Å². The molecule has 1 aliphatic heterocycles. The number of nitrogens with one attached hydrogen (secondary N) is 1. The molecule has 0 aliphatic carbocycles. The maximum absolute atomic E-state index is 4.32. The third-order valence-electron chi connectivity index (χ3n) is 3.31. The van der Waals surface area contributed by atoms with Crippen molar-refractivity contribution in [3.63, 3.8) is 0 Å². The molecule has 1 unspecified atom stereocenters. The SMILES string of the molecule is CC1(C)CSCC(Nc2ccc3ncsc3c2)C1. The molecule has 0 amide bonds. The van der Waals surface area contributed by atoms with Crippen molar-refractivity contribution in [2.24, 2.45) is 5.41 Å². The summed E-state index contributed by atoms with van der Waals surface area (Å²) in [7, 11) is 0. The molecule has 0 saturated carbocycles. The fourth-order valence-electron chi connectivity index (χ4n) is 2.54. The first kappa shape index (κ1) is 12.3. The lowest BCUT2D eigenvalue weighted by atomic mass is 9.88. The predicted octanol–water partition coefficient (Wildman–Crippen LogP) is 4.24. The highest BCUT2D eigenvalue weighted by atomic mass is 32.2. The van der Waals surface area contributed by atoms with E-state index < -0.39 is 0 Å². The molecule has 1 aromatic carbocycles. The minimum Gasteiger partial charge on any atom is -0.381 e. The van der Waals surface area contributed by atoms with E-state index in [0.717, 1.165) is 5.52 Å². The second-order valence-electron chi connectivity index (χ2n) is 5.76. The first-order chi connectivity index (χ1) is 8.62. The lowest BCUT2D eigenvalue weighted by Gasteiger charge is -2.35. The molecule has 1 aromatic heterocycles. The summed E-state index contributed by atoms with van der Waals surface area (Å²) in [6.45, 7) is 4.72. The van der Waals surface area contributed by atoms with Crippen LogP contribution in [0, 0.1) is 5.41 Å². The highest BCUT2D eigenvalue weighted by Crippen LogP contribution is 2.35. The Labute approximate surface area is 116 Å². The number of anilines is 1. The van der Waals surface area contributed by atoms with Gasteiger partial charge in [-0.15, -0.1) is 11.3 Å². The standard InChI is InChI=1S/C14H18N2S2/c1-14(2)6-11(7-17-8-14)16-10-3-4-12-13(5-10)18-9-15-12/h3-5,9,11,16H,6-8H2,1-2H3. The fourth-order valence-corrected chi connectivity index (χ4v) is 4.53. The lowest BCUT2D eigenvalue weighted by Crippen LogP contribution is -2.35. The van der Waals surface area contributed by atoms with Crippen molar-refractivity contribution in [1.29, 1.82) is 0 Å². The van der Waals surface area contributed by atoms with Crippen LogP contribution in [0.4, 0.5) is 5.69 Å². The van der Waals surface area contributed by atoms with Crippen LogP contribution in [0.1, 0.15) is 20.3 Å². The molecule has 1 aliphatic rings. The smallest absolute Gasteiger partial charge is 0.0813 e. The third kappa shape index (κ3) is 2.64. The largest absolute Gasteiger partial charge is 0.381 e. The van der Waals surface area contributed by atoms with Gasteiger partial charge >= 0.3 is 0 Å². The molecule has 0 spiro atoms. The van der Waals surface area contributed by atoms with Crippen LogP contribution in [0.3, 0.4) is 0 Å². The fraction of sp³-hybridized carbons (Fsp3) is 0.500. The number of nitrogens with zero attached hydrogens (tertiary/aromatic N) is 1. The van der Waals surface area contributed by atoms with Crippen LogP contribution < -0.4 is 5.32 Å². The number of thioether (sulfide) groups is 1. The van der Waals surface area contributed by atoms with Crippen molar-refractivity contribution in [1.82, 2.24) is 4.98 Å². The molecule has 0 bridgehead atoms. The molecule has 1 fully saturated rings. The van der Waals surface area contributed by atoms with Gasteiger partial charge in [0.1, 0.15) is 0 Å². The molecule has 4 heteroatoms. The zero-order valence-electron chi connectivity index (χ0n) is 10.8. The molecule has 1 N–H and O–H groups in total. The van der Waals surface area contributed by atoms with Gasteiger partial charge in [0.15, 0.2) is 0 Å². The number of fused-ring (bicyclic) bond motifs is 1. The van der Waals surface area contributed by atoms with Crippen molar-refractivity contribution in [2.45, 2.75) is 26.3 Å². The van der Waals surface area contributed by atoms with Crippen LogP contribution in [-0.2, 0) is 0 Å². The Balaban J connectivity index is 1.75. The Bertz CT molecular complexity index is 547. The van der Waals surface area contributed by atoms with E-state index in [4.69, 9.17) is 0 Å². The van der Waals surface area contributed by atoms with Gasteiger partial charge in [0.25, 0.3) is 0 Å². The number of hydrogen-bond acceptors (Lipinski definition) is 4. The summed E-state index contributed by atoms with van der Waals surface area (Å²) in [5.74, 6) is 2.49. The summed E-state index contributed by atoms with van der Waals surface area (Å²) >= 11 is 3.77. The number of rotatable bonds is 2. The second kappa shape index (κ2) is 4.74. The Morgan fingerprint density at radius 3 is 3.11 bits per heavy atom. The van der Waals surface area contributed by atoms with Crippen LogP contribution in [-0.4, -0.2) is 22.5 Å². The van der Waals surface area contributed by atoms with Crippen molar-refractivity contribution < 1.29 is 0 Å². The molecule has 96 valence electrons. The van der Waals surface area contributed by atoms with E-state index in [0.29, 0.717) is 11.5 Å². The number of aromatic nitrogens is 1. The maximum atomic E-state index is 4.32. The van der Waals surface area contributed by atoms with Gasteiger partial charge in [-0.1, -0.05) is 13.8 Å². The van der Waals surface area contributed by atoms with E-state index >= 15 is 0 Å². The topological polar surface area (TPSA) is 24.9 Å². The molecule has 2 nitrogen and oxygen atoms in total. The maximum Gasteiger partial charge on any atom is 0.0813 e. The summed E-state index contributed by atoms with van der Waals surface area (Å²) in [6, 6.07) is 7.06. The molecule has 2 heterocycles. The number of benzene rings is 1. The van der Waals surface area contributed by atoms with Crippen molar-refractivity contribution in [3.05, 3.63) is 23.7 Å². The Hall–Kier alpha value is -0.740. The van der Waals surface area contributed by atoms with Crippen molar-refractivity contribution >= 4 is 39.0 Å². The average Bonchev–Trinajstić information content (AvgIpc) is 2.74. The van der Waals surface area contributed by atoms with Gasteiger partial charge in [0, 0.05) is 17.5 Å². The molecule has 1 saturated heterocycles. The van der Waals surface area contributed by atoms with Crippen LogP contribution in [0.5, 0.6) is 0 Å². The van der Waals surface area contributed by atoms with Gasteiger partial charge in [-0.3, -0.25) is 0 Å². The normalized spacial score (nSPS) is 23.1. The van der Waals surface area contributed by atoms with E-state index in [1.165, 1.54) is 28.3 Å². The third-order valence-corrected chi connectivity index (χ3v) is 5.73. The van der Waals surface area contributed by atoms with E-state index in [-0.39, 0.29) is 0 Å². The molecule has 0 radical (unpaired) electrons. The summed E-state index contributed by atoms with van der Waals surface area (Å²) in [4.78, 5) is 4.32. The highest BCUT2D eigenvalue weighted by molar-refractivity contribution is 7.99. The second-order valence-corrected chi connectivity index (χ2v) is 7.68. The summed E-state index contributed by atoms with van der Waals surface area (Å²) in [5.41, 5.74) is 4.70. The van der Waals surface area contributed by atoms with E-state index in [2.05, 4.69) is 54.1 Å².